The van der Waals surface area contributed by atoms with E-state index in [1.807, 2.05) is 30.3 Å². The molecule has 0 radical (unpaired) electrons. The van der Waals surface area contributed by atoms with Gasteiger partial charge in [-0.3, -0.25) is 14.5 Å². The minimum absolute atomic E-state index is 0.0644. The van der Waals surface area contributed by atoms with Crippen LogP contribution in [0.3, 0.4) is 0 Å². The molecule has 1 aromatic heterocycles. The van der Waals surface area contributed by atoms with Crippen LogP contribution >= 0.6 is 0 Å². The summed E-state index contributed by atoms with van der Waals surface area (Å²) in [5.74, 6) is 1.56. The van der Waals surface area contributed by atoms with Crippen LogP contribution in [0.15, 0.2) is 61.2 Å². The number of amides is 1. The highest BCUT2D eigenvalue weighted by molar-refractivity contribution is 6.00. The van der Waals surface area contributed by atoms with E-state index < -0.39 is 0 Å². The van der Waals surface area contributed by atoms with Gasteiger partial charge in [-0.25, -0.2) is 9.97 Å². The van der Waals surface area contributed by atoms with E-state index in [2.05, 4.69) is 32.3 Å². The van der Waals surface area contributed by atoms with Crippen molar-refractivity contribution in [1.82, 2.24) is 20.2 Å². The molecule has 0 spiro atoms. The number of fused-ring (bicyclic) bond motifs is 1. The number of ketones is 1. The first-order valence-corrected chi connectivity index (χ1v) is 11.7. The summed E-state index contributed by atoms with van der Waals surface area (Å²) in [6.07, 6.45) is 7.50. The fourth-order valence-corrected chi connectivity index (χ4v) is 4.13. The first-order chi connectivity index (χ1) is 16.6. The lowest BCUT2D eigenvalue weighted by Gasteiger charge is -2.28. The Hall–Kier alpha value is -3.58. The van der Waals surface area contributed by atoms with Gasteiger partial charge in [0.05, 0.1) is 19.6 Å². The molecular formula is C27H28N4O3. The van der Waals surface area contributed by atoms with Crippen molar-refractivity contribution >= 4 is 11.7 Å². The lowest BCUT2D eigenvalue weighted by Crippen LogP contribution is -2.34. The number of rotatable bonds is 9. The summed E-state index contributed by atoms with van der Waals surface area (Å²) in [5, 5.41) is 2.93. The number of carbonyl (C=O) groups is 2. The van der Waals surface area contributed by atoms with Gasteiger partial charge in [0, 0.05) is 37.6 Å². The van der Waals surface area contributed by atoms with Gasteiger partial charge in [-0.1, -0.05) is 30.3 Å². The molecule has 1 saturated carbocycles. The van der Waals surface area contributed by atoms with Gasteiger partial charge in [-0.15, -0.1) is 0 Å². The average Bonchev–Trinajstić information content (AvgIpc) is 3.68. The Bertz CT molecular complexity index is 1160. The normalized spacial score (nSPS) is 15.6. The molecule has 1 aliphatic heterocycles. The number of nitrogens with one attached hydrogen (secondary N) is 1. The van der Waals surface area contributed by atoms with Crippen molar-refractivity contribution in [3.05, 3.63) is 89.0 Å². The second kappa shape index (κ2) is 10.1. The van der Waals surface area contributed by atoms with Crippen molar-refractivity contribution in [1.29, 1.82) is 0 Å². The maximum atomic E-state index is 12.8. The minimum atomic E-state index is -0.0644. The zero-order chi connectivity index (χ0) is 23.3. The lowest BCUT2D eigenvalue weighted by molar-refractivity contribution is -0.120. The molecule has 0 bridgehead atoms. The minimum Gasteiger partial charge on any atom is -0.493 e. The van der Waals surface area contributed by atoms with E-state index in [1.54, 1.807) is 12.4 Å². The Morgan fingerprint density at radius 1 is 1.00 bits per heavy atom. The number of aromatic nitrogens is 2. The summed E-state index contributed by atoms with van der Waals surface area (Å²) >= 11 is 0. The quantitative estimate of drug-likeness (QED) is 0.532. The van der Waals surface area contributed by atoms with Crippen molar-refractivity contribution in [2.24, 2.45) is 5.92 Å². The average molecular weight is 457 g/mol. The molecule has 2 aromatic carbocycles. The summed E-state index contributed by atoms with van der Waals surface area (Å²) in [6, 6.07) is 14.1. The zero-order valence-electron chi connectivity index (χ0n) is 19.1. The van der Waals surface area contributed by atoms with Gasteiger partial charge in [-0.05, 0) is 53.1 Å². The highest BCUT2D eigenvalue weighted by atomic mass is 16.5. The maximum absolute atomic E-state index is 12.8. The van der Waals surface area contributed by atoms with Crippen molar-refractivity contribution in [3.63, 3.8) is 0 Å². The Morgan fingerprint density at radius 3 is 2.53 bits per heavy atom. The fraction of sp³-hybridized carbons (Fsp3) is 0.333. The second-order valence-electron chi connectivity index (χ2n) is 9.16. The number of Topliss-reactive ketones (excluding diaryl/α,β-unsaturated/α-hetero) is 1. The van der Waals surface area contributed by atoms with E-state index in [4.69, 9.17) is 4.74 Å². The number of nitrogens with zero attached hydrogens (tertiary/aromatic N) is 3. The molecule has 2 aliphatic rings. The fourth-order valence-electron chi connectivity index (χ4n) is 4.13. The summed E-state index contributed by atoms with van der Waals surface area (Å²) < 4.78 is 5.84. The van der Waals surface area contributed by atoms with Gasteiger partial charge < -0.3 is 10.1 Å². The molecule has 34 heavy (non-hydrogen) atoms. The zero-order valence-corrected chi connectivity index (χ0v) is 19.1. The predicted octanol–water partition coefficient (Wildman–Crippen LogP) is 3.32. The molecule has 174 valence electrons. The van der Waals surface area contributed by atoms with Gasteiger partial charge in [0.2, 0.25) is 5.91 Å². The third-order valence-electron chi connectivity index (χ3n) is 6.22. The van der Waals surface area contributed by atoms with Crippen molar-refractivity contribution in [2.45, 2.75) is 38.9 Å². The Morgan fingerprint density at radius 2 is 1.76 bits per heavy atom. The van der Waals surface area contributed by atoms with E-state index in [0.29, 0.717) is 25.6 Å². The molecule has 0 saturated heterocycles. The molecular weight excluding hydrogens is 428 g/mol. The SMILES string of the molecule is O=C(Cc1cncnc1)NCc1ccc(CN2CC(=O)c3cc(OCC4CC4)ccc3C2)cc1. The Balaban J connectivity index is 1.12. The van der Waals surface area contributed by atoms with E-state index in [9.17, 15) is 9.59 Å². The van der Waals surface area contributed by atoms with Gasteiger partial charge in [0.15, 0.2) is 5.78 Å². The summed E-state index contributed by atoms with van der Waals surface area (Å²) in [5.41, 5.74) is 4.79. The molecule has 1 aliphatic carbocycles. The maximum Gasteiger partial charge on any atom is 0.224 e. The summed E-state index contributed by atoms with van der Waals surface area (Å²) in [6.45, 7) is 3.06. The highest BCUT2D eigenvalue weighted by Gasteiger charge is 2.25. The van der Waals surface area contributed by atoms with Gasteiger partial charge >= 0.3 is 0 Å². The number of hydrogen-bond donors (Lipinski definition) is 1. The second-order valence-corrected chi connectivity index (χ2v) is 9.16. The number of benzene rings is 2. The molecule has 1 N–H and O–H groups in total. The van der Waals surface area contributed by atoms with Crippen LogP contribution in [0.1, 0.15) is 45.5 Å². The summed E-state index contributed by atoms with van der Waals surface area (Å²) in [7, 11) is 0. The predicted molar refractivity (Wildman–Crippen MR) is 127 cm³/mol. The van der Waals surface area contributed by atoms with Gasteiger partial charge in [0.25, 0.3) is 0 Å². The molecule has 1 fully saturated rings. The third kappa shape index (κ3) is 5.85. The van der Waals surface area contributed by atoms with Crippen LogP contribution in [-0.2, 0) is 30.8 Å². The molecule has 7 heteroatoms. The highest BCUT2D eigenvalue weighted by Crippen LogP contribution is 2.31. The Labute approximate surface area is 199 Å². The third-order valence-corrected chi connectivity index (χ3v) is 6.22. The van der Waals surface area contributed by atoms with E-state index in [1.165, 1.54) is 19.2 Å². The molecule has 0 atom stereocenters. The first-order valence-electron chi connectivity index (χ1n) is 11.7. The topological polar surface area (TPSA) is 84.4 Å². The van der Waals surface area contributed by atoms with Crippen LogP contribution in [-0.4, -0.2) is 39.7 Å². The monoisotopic (exact) mass is 456 g/mol. The largest absolute Gasteiger partial charge is 0.493 e. The molecule has 0 unspecified atom stereocenters. The smallest absolute Gasteiger partial charge is 0.224 e. The number of hydrogen-bond acceptors (Lipinski definition) is 6. The standard InChI is InChI=1S/C27H28N4O3/c32-26-16-31(15-23-7-8-24(10-25(23)26)34-17-21-5-6-21)14-20-3-1-19(2-4-20)13-30-27(33)9-22-11-28-18-29-12-22/h1-4,7-8,10-12,18,21H,5-6,9,13-17H2,(H,30,33). The molecule has 2 heterocycles. The van der Waals surface area contributed by atoms with E-state index >= 15 is 0 Å². The first kappa shape index (κ1) is 22.2. The van der Waals surface area contributed by atoms with Gasteiger partial charge in [0.1, 0.15) is 12.1 Å². The van der Waals surface area contributed by atoms with Crippen LogP contribution in [0.4, 0.5) is 0 Å². The van der Waals surface area contributed by atoms with Crippen molar-refractivity contribution < 1.29 is 14.3 Å². The van der Waals surface area contributed by atoms with Gasteiger partial charge in [-0.2, -0.15) is 0 Å². The van der Waals surface area contributed by atoms with Crippen molar-refractivity contribution in [2.75, 3.05) is 13.2 Å². The Kier molecular flexibility index (Phi) is 6.62. The molecule has 1 amide bonds. The molecule has 7 nitrogen and oxygen atoms in total. The van der Waals surface area contributed by atoms with E-state index in [0.717, 1.165) is 46.7 Å². The summed E-state index contributed by atoms with van der Waals surface area (Å²) in [4.78, 5) is 34.9. The number of ether oxygens (including phenoxy) is 1. The van der Waals surface area contributed by atoms with Crippen LogP contribution < -0.4 is 10.1 Å². The van der Waals surface area contributed by atoms with Crippen LogP contribution in [0.25, 0.3) is 0 Å². The number of carbonyl (C=O) groups excluding carboxylic acids is 2. The molecule has 3 aromatic rings. The van der Waals surface area contributed by atoms with Crippen molar-refractivity contribution in [3.8, 4) is 5.75 Å². The van der Waals surface area contributed by atoms with Crippen LogP contribution in [0.5, 0.6) is 5.75 Å². The molecule has 5 rings (SSSR count). The van der Waals surface area contributed by atoms with Crippen LogP contribution in [0, 0.1) is 5.92 Å². The van der Waals surface area contributed by atoms with Crippen LogP contribution in [0.2, 0.25) is 0 Å². The van der Waals surface area contributed by atoms with E-state index in [-0.39, 0.29) is 18.1 Å². The lowest BCUT2D eigenvalue weighted by atomic mass is 9.97.